The largest absolute Gasteiger partial charge is 0.392 e. The Hall–Kier alpha value is -0.620. The van der Waals surface area contributed by atoms with Crippen molar-refractivity contribution in [1.82, 2.24) is 4.72 Å². The lowest BCUT2D eigenvalue weighted by Crippen LogP contribution is -2.26. The summed E-state index contributed by atoms with van der Waals surface area (Å²) >= 11 is 5.91. The molecule has 2 rings (SSSR count). The van der Waals surface area contributed by atoms with Crippen molar-refractivity contribution in [1.29, 1.82) is 0 Å². The van der Waals surface area contributed by atoms with Crippen LogP contribution in [-0.4, -0.2) is 20.1 Å². The average Bonchev–Trinajstić information content (AvgIpc) is 3.21. The maximum absolute atomic E-state index is 12.3. The number of rotatable bonds is 7. The summed E-state index contributed by atoms with van der Waals surface area (Å²) in [6.07, 6.45) is 4.50. The van der Waals surface area contributed by atoms with Gasteiger partial charge in [-0.3, -0.25) is 0 Å². The quantitative estimate of drug-likeness (QED) is 0.760. The van der Waals surface area contributed by atoms with E-state index in [0.717, 1.165) is 18.8 Å². The lowest BCUT2D eigenvalue weighted by molar-refractivity contribution is 0.280. The Morgan fingerprint density at radius 3 is 2.70 bits per heavy atom. The van der Waals surface area contributed by atoms with Crippen LogP contribution in [0.15, 0.2) is 17.0 Å². The van der Waals surface area contributed by atoms with E-state index < -0.39 is 10.0 Å². The normalized spacial score (nSPS) is 15.6. The summed E-state index contributed by atoms with van der Waals surface area (Å²) in [6.45, 7) is 1.90. The Kier molecular flexibility index (Phi) is 5.07. The topological polar surface area (TPSA) is 66.4 Å². The zero-order valence-electron chi connectivity index (χ0n) is 11.5. The molecule has 1 saturated carbocycles. The Morgan fingerprint density at radius 2 is 2.10 bits per heavy atom. The predicted molar refractivity (Wildman–Crippen MR) is 79.3 cm³/mol. The molecule has 20 heavy (non-hydrogen) atoms. The summed E-state index contributed by atoms with van der Waals surface area (Å²) < 4.78 is 27.2. The van der Waals surface area contributed by atoms with E-state index in [-0.39, 0.29) is 11.5 Å². The number of nitrogens with one attached hydrogen (secondary N) is 1. The summed E-state index contributed by atoms with van der Waals surface area (Å²) in [7, 11) is -3.57. The molecule has 1 aliphatic rings. The van der Waals surface area contributed by atoms with Crippen LogP contribution in [0.2, 0.25) is 5.02 Å². The van der Waals surface area contributed by atoms with Gasteiger partial charge in [0.1, 0.15) is 0 Å². The molecule has 0 radical (unpaired) electrons. The third-order valence-corrected chi connectivity index (χ3v) is 5.48. The molecule has 0 aromatic heterocycles. The number of halogens is 1. The molecular formula is C14H20ClNO3S. The molecule has 1 aromatic rings. The first kappa shape index (κ1) is 15.8. The number of hydrogen-bond acceptors (Lipinski definition) is 3. The molecule has 112 valence electrons. The van der Waals surface area contributed by atoms with Crippen LogP contribution >= 0.6 is 11.6 Å². The van der Waals surface area contributed by atoms with Crippen LogP contribution in [0.5, 0.6) is 0 Å². The molecule has 0 saturated heterocycles. The first-order chi connectivity index (χ1) is 9.44. The third-order valence-electron chi connectivity index (χ3n) is 3.67. The number of hydrogen-bond donors (Lipinski definition) is 2. The van der Waals surface area contributed by atoms with Gasteiger partial charge >= 0.3 is 0 Å². The zero-order chi connectivity index (χ0) is 14.8. The average molecular weight is 318 g/mol. The fourth-order valence-corrected chi connectivity index (χ4v) is 3.92. The van der Waals surface area contributed by atoms with Gasteiger partial charge in [0.25, 0.3) is 0 Å². The SMILES string of the molecule is Cc1c(CO)cc(Cl)cc1S(=O)(=O)NCCCC1CC1. The molecule has 0 spiro atoms. The molecule has 0 amide bonds. The Balaban J connectivity index is 2.09. The molecule has 6 heteroatoms. The van der Waals surface area contributed by atoms with Crippen molar-refractivity contribution < 1.29 is 13.5 Å². The molecule has 4 nitrogen and oxygen atoms in total. The standard InChI is InChI=1S/C14H20ClNO3S/c1-10-12(9-17)7-13(15)8-14(10)20(18,19)16-6-2-3-11-4-5-11/h7-8,11,16-17H,2-6,9H2,1H3. The number of aliphatic hydroxyl groups excluding tert-OH is 1. The van der Waals surface area contributed by atoms with Gasteiger partial charge in [0.15, 0.2) is 0 Å². The van der Waals surface area contributed by atoms with Gasteiger partial charge in [0.2, 0.25) is 10.0 Å². The van der Waals surface area contributed by atoms with Crippen molar-refractivity contribution in [3.05, 3.63) is 28.3 Å². The fraction of sp³-hybridized carbons (Fsp3) is 0.571. The highest BCUT2D eigenvalue weighted by Gasteiger charge is 2.22. The maximum Gasteiger partial charge on any atom is 0.240 e. The number of sulfonamides is 1. The van der Waals surface area contributed by atoms with Gasteiger partial charge in [-0.2, -0.15) is 0 Å². The van der Waals surface area contributed by atoms with E-state index in [1.807, 2.05) is 0 Å². The molecule has 0 atom stereocenters. The van der Waals surface area contributed by atoms with Crippen LogP contribution in [0.3, 0.4) is 0 Å². The molecule has 1 fully saturated rings. The van der Waals surface area contributed by atoms with Crippen molar-refractivity contribution in [2.75, 3.05) is 6.54 Å². The Bertz CT molecular complexity index is 582. The minimum Gasteiger partial charge on any atom is -0.392 e. The van der Waals surface area contributed by atoms with Crippen LogP contribution < -0.4 is 4.72 Å². The minimum absolute atomic E-state index is 0.153. The smallest absolute Gasteiger partial charge is 0.240 e. The van der Waals surface area contributed by atoms with E-state index in [9.17, 15) is 13.5 Å². The highest BCUT2D eigenvalue weighted by Crippen LogP contribution is 2.33. The van der Waals surface area contributed by atoms with Crippen molar-refractivity contribution >= 4 is 21.6 Å². The summed E-state index contributed by atoms with van der Waals surface area (Å²) in [5.41, 5.74) is 1.09. The van der Waals surface area contributed by atoms with Crippen LogP contribution in [0.4, 0.5) is 0 Å². The molecule has 0 bridgehead atoms. The molecule has 0 aliphatic heterocycles. The Labute approximate surface area is 125 Å². The third kappa shape index (κ3) is 3.95. The first-order valence-electron chi connectivity index (χ1n) is 6.83. The van der Waals surface area contributed by atoms with Gasteiger partial charge in [-0.1, -0.05) is 24.4 Å². The second kappa shape index (κ2) is 6.43. The Morgan fingerprint density at radius 1 is 1.40 bits per heavy atom. The van der Waals surface area contributed by atoms with Crippen LogP contribution in [0, 0.1) is 12.8 Å². The molecule has 0 unspecified atom stereocenters. The second-order valence-electron chi connectivity index (χ2n) is 5.33. The van der Waals surface area contributed by atoms with Crippen LogP contribution in [0.1, 0.15) is 36.8 Å². The first-order valence-corrected chi connectivity index (χ1v) is 8.69. The van der Waals surface area contributed by atoms with Gasteiger partial charge in [0, 0.05) is 11.6 Å². The lowest BCUT2D eigenvalue weighted by Gasteiger charge is -2.12. The fourth-order valence-electron chi connectivity index (χ4n) is 2.23. The maximum atomic E-state index is 12.3. The van der Waals surface area contributed by atoms with Gasteiger partial charge in [-0.25, -0.2) is 13.1 Å². The summed E-state index contributed by atoms with van der Waals surface area (Å²) in [5, 5.41) is 9.56. The highest BCUT2D eigenvalue weighted by molar-refractivity contribution is 7.89. The molecule has 1 aromatic carbocycles. The molecule has 0 heterocycles. The summed E-state index contributed by atoms with van der Waals surface area (Å²) in [4.78, 5) is 0.153. The summed E-state index contributed by atoms with van der Waals surface area (Å²) in [6, 6.07) is 3.02. The van der Waals surface area contributed by atoms with Crippen molar-refractivity contribution in [3.63, 3.8) is 0 Å². The van der Waals surface area contributed by atoms with E-state index in [4.69, 9.17) is 11.6 Å². The number of benzene rings is 1. The van der Waals surface area contributed by atoms with Crippen molar-refractivity contribution in [2.45, 2.75) is 44.1 Å². The predicted octanol–water partition coefficient (Wildman–Crippen LogP) is 2.61. The highest BCUT2D eigenvalue weighted by atomic mass is 35.5. The second-order valence-corrected chi connectivity index (χ2v) is 7.50. The van der Waals surface area contributed by atoms with Gasteiger partial charge in [-0.15, -0.1) is 0 Å². The number of aliphatic hydroxyl groups is 1. The van der Waals surface area contributed by atoms with E-state index in [0.29, 0.717) is 22.7 Å². The van der Waals surface area contributed by atoms with E-state index in [1.165, 1.54) is 18.9 Å². The van der Waals surface area contributed by atoms with Crippen molar-refractivity contribution in [2.24, 2.45) is 5.92 Å². The molecule has 1 aliphatic carbocycles. The molecular weight excluding hydrogens is 298 g/mol. The van der Waals surface area contributed by atoms with E-state index >= 15 is 0 Å². The monoisotopic (exact) mass is 317 g/mol. The lowest BCUT2D eigenvalue weighted by atomic mass is 10.1. The van der Waals surface area contributed by atoms with Gasteiger partial charge in [-0.05, 0) is 48.9 Å². The van der Waals surface area contributed by atoms with Gasteiger partial charge < -0.3 is 5.11 Å². The molecule has 2 N–H and O–H groups in total. The van der Waals surface area contributed by atoms with E-state index in [1.54, 1.807) is 13.0 Å². The minimum atomic E-state index is -3.57. The van der Waals surface area contributed by atoms with Crippen molar-refractivity contribution in [3.8, 4) is 0 Å². The van der Waals surface area contributed by atoms with Crippen LogP contribution in [0.25, 0.3) is 0 Å². The van der Waals surface area contributed by atoms with E-state index in [2.05, 4.69) is 4.72 Å². The summed E-state index contributed by atoms with van der Waals surface area (Å²) in [5.74, 6) is 0.799. The van der Waals surface area contributed by atoms with Crippen LogP contribution in [-0.2, 0) is 16.6 Å². The zero-order valence-corrected chi connectivity index (χ0v) is 13.1. The van der Waals surface area contributed by atoms with Gasteiger partial charge in [0.05, 0.1) is 11.5 Å².